The number of carbonyl (C=O) groups is 1. The first-order valence-corrected chi connectivity index (χ1v) is 3.76. The van der Waals surface area contributed by atoms with E-state index in [0.717, 1.165) is 6.29 Å². The minimum absolute atomic E-state index is 0.216. The van der Waals surface area contributed by atoms with Crippen molar-refractivity contribution in [1.29, 1.82) is 5.26 Å². The Balaban J connectivity index is 3.19. The summed E-state index contributed by atoms with van der Waals surface area (Å²) < 4.78 is 1.78. The lowest BCUT2D eigenvalue weighted by atomic mass is 10.3. The van der Waals surface area contributed by atoms with Crippen LogP contribution in [0.3, 0.4) is 0 Å². The first kappa shape index (κ1) is 8.54. The molecule has 0 aliphatic heterocycles. The molecule has 62 valence electrons. The van der Waals surface area contributed by atoms with Crippen molar-refractivity contribution in [2.75, 3.05) is 0 Å². The fourth-order valence-corrected chi connectivity index (χ4v) is 1.08. The standard InChI is InChI=1S/C9H10N2O/c1-7(2)11-5-8(6-12)3-9(11)4-10/h3,5-7H,1-2H3. The second-order valence-corrected chi connectivity index (χ2v) is 2.89. The Bertz CT molecular complexity index is 331. The number of hydrogen-bond acceptors (Lipinski definition) is 2. The second kappa shape index (κ2) is 3.22. The van der Waals surface area contributed by atoms with Gasteiger partial charge >= 0.3 is 0 Å². The SMILES string of the molecule is CC(C)n1cc(C=O)cc1C#N. The van der Waals surface area contributed by atoms with E-state index in [0.29, 0.717) is 11.3 Å². The lowest BCUT2D eigenvalue weighted by molar-refractivity contribution is 0.112. The van der Waals surface area contributed by atoms with Gasteiger partial charge in [-0.1, -0.05) is 0 Å². The van der Waals surface area contributed by atoms with Gasteiger partial charge in [-0.25, -0.2) is 0 Å². The first-order valence-electron chi connectivity index (χ1n) is 3.76. The number of nitrogens with zero attached hydrogens (tertiary/aromatic N) is 2. The minimum atomic E-state index is 0.216. The van der Waals surface area contributed by atoms with Crippen molar-refractivity contribution in [3.05, 3.63) is 23.5 Å². The average Bonchev–Trinajstić information content (AvgIpc) is 2.47. The van der Waals surface area contributed by atoms with Gasteiger partial charge in [-0.05, 0) is 19.9 Å². The third-order valence-electron chi connectivity index (χ3n) is 1.68. The highest BCUT2D eigenvalue weighted by molar-refractivity contribution is 5.75. The zero-order valence-corrected chi connectivity index (χ0v) is 7.11. The lowest BCUT2D eigenvalue weighted by Crippen LogP contribution is -2.00. The Morgan fingerprint density at radius 2 is 2.33 bits per heavy atom. The van der Waals surface area contributed by atoms with Gasteiger partial charge in [0.1, 0.15) is 11.8 Å². The van der Waals surface area contributed by atoms with Crippen molar-refractivity contribution in [3.8, 4) is 6.07 Å². The third-order valence-corrected chi connectivity index (χ3v) is 1.68. The Hall–Kier alpha value is -1.56. The molecule has 0 atom stereocenters. The molecule has 3 nitrogen and oxygen atoms in total. The third kappa shape index (κ3) is 1.37. The van der Waals surface area contributed by atoms with Crippen LogP contribution in [0.5, 0.6) is 0 Å². The molecule has 0 saturated heterocycles. The van der Waals surface area contributed by atoms with Crippen molar-refractivity contribution in [1.82, 2.24) is 4.57 Å². The molecule has 3 heteroatoms. The maximum absolute atomic E-state index is 10.4. The van der Waals surface area contributed by atoms with Gasteiger partial charge in [-0.2, -0.15) is 5.26 Å². The predicted molar refractivity (Wildman–Crippen MR) is 44.9 cm³/mol. The second-order valence-electron chi connectivity index (χ2n) is 2.89. The van der Waals surface area contributed by atoms with Gasteiger partial charge in [0.15, 0.2) is 6.29 Å². The van der Waals surface area contributed by atoms with Gasteiger partial charge in [0.25, 0.3) is 0 Å². The number of rotatable bonds is 2. The molecule has 12 heavy (non-hydrogen) atoms. The average molecular weight is 162 g/mol. The number of aromatic nitrogens is 1. The molecule has 0 amide bonds. The number of aldehydes is 1. The van der Waals surface area contributed by atoms with E-state index in [1.54, 1.807) is 16.8 Å². The summed E-state index contributed by atoms with van der Waals surface area (Å²) in [5.74, 6) is 0. The van der Waals surface area contributed by atoms with Crippen molar-refractivity contribution in [2.24, 2.45) is 0 Å². The van der Waals surface area contributed by atoms with Crippen LogP contribution in [0.25, 0.3) is 0 Å². The highest BCUT2D eigenvalue weighted by Gasteiger charge is 2.06. The van der Waals surface area contributed by atoms with Gasteiger partial charge < -0.3 is 4.57 Å². The van der Waals surface area contributed by atoms with Crippen LogP contribution in [0, 0.1) is 11.3 Å². The summed E-state index contributed by atoms with van der Waals surface area (Å²) in [7, 11) is 0. The molecule has 0 fully saturated rings. The molecule has 0 aliphatic rings. The van der Waals surface area contributed by atoms with Crippen molar-refractivity contribution >= 4 is 6.29 Å². The minimum Gasteiger partial charge on any atom is -0.336 e. The van der Waals surface area contributed by atoms with E-state index >= 15 is 0 Å². The topological polar surface area (TPSA) is 45.8 Å². The Morgan fingerprint density at radius 3 is 2.67 bits per heavy atom. The van der Waals surface area contributed by atoms with Gasteiger partial charge in [0.05, 0.1) is 0 Å². The highest BCUT2D eigenvalue weighted by atomic mass is 16.1. The molecule has 0 unspecified atom stereocenters. The fraction of sp³-hybridized carbons (Fsp3) is 0.333. The van der Waals surface area contributed by atoms with Gasteiger partial charge in [-0.3, -0.25) is 4.79 Å². The maximum Gasteiger partial charge on any atom is 0.151 e. The molecule has 1 rings (SSSR count). The fourth-order valence-electron chi connectivity index (χ4n) is 1.08. The highest BCUT2D eigenvalue weighted by Crippen LogP contribution is 2.12. The molecular weight excluding hydrogens is 152 g/mol. The lowest BCUT2D eigenvalue weighted by Gasteiger charge is -2.07. The molecule has 0 radical (unpaired) electrons. The van der Waals surface area contributed by atoms with Gasteiger partial charge in [0, 0.05) is 17.8 Å². The van der Waals surface area contributed by atoms with Crippen molar-refractivity contribution < 1.29 is 4.79 Å². The predicted octanol–water partition coefficient (Wildman–Crippen LogP) is 1.75. The largest absolute Gasteiger partial charge is 0.336 e. The smallest absolute Gasteiger partial charge is 0.151 e. The molecule has 1 heterocycles. The normalized spacial score (nSPS) is 9.83. The van der Waals surface area contributed by atoms with E-state index in [2.05, 4.69) is 0 Å². The van der Waals surface area contributed by atoms with Crippen molar-refractivity contribution in [3.63, 3.8) is 0 Å². The Kier molecular flexibility index (Phi) is 2.29. The Morgan fingerprint density at radius 1 is 1.67 bits per heavy atom. The van der Waals surface area contributed by atoms with Crippen LogP contribution >= 0.6 is 0 Å². The Labute approximate surface area is 71.2 Å². The number of nitriles is 1. The molecule has 0 spiro atoms. The molecule has 1 aromatic heterocycles. The molecule has 0 N–H and O–H groups in total. The van der Waals surface area contributed by atoms with Crippen LogP contribution in [0.1, 0.15) is 35.9 Å². The molecule has 0 saturated carbocycles. The molecule has 0 aliphatic carbocycles. The van der Waals surface area contributed by atoms with Gasteiger partial charge in [-0.15, -0.1) is 0 Å². The quantitative estimate of drug-likeness (QED) is 0.622. The van der Waals surface area contributed by atoms with E-state index in [4.69, 9.17) is 5.26 Å². The first-order chi connectivity index (χ1) is 5.69. The van der Waals surface area contributed by atoms with Crippen LogP contribution in [0.15, 0.2) is 12.3 Å². The summed E-state index contributed by atoms with van der Waals surface area (Å²) >= 11 is 0. The van der Waals surface area contributed by atoms with Crippen LogP contribution < -0.4 is 0 Å². The monoisotopic (exact) mass is 162 g/mol. The zero-order chi connectivity index (χ0) is 9.14. The summed E-state index contributed by atoms with van der Waals surface area (Å²) in [6, 6.07) is 3.84. The molecule has 1 aromatic rings. The van der Waals surface area contributed by atoms with Crippen LogP contribution in [0.2, 0.25) is 0 Å². The van der Waals surface area contributed by atoms with E-state index in [1.807, 2.05) is 19.9 Å². The maximum atomic E-state index is 10.4. The van der Waals surface area contributed by atoms with E-state index < -0.39 is 0 Å². The van der Waals surface area contributed by atoms with Crippen molar-refractivity contribution in [2.45, 2.75) is 19.9 Å². The van der Waals surface area contributed by atoms with E-state index in [1.165, 1.54) is 0 Å². The van der Waals surface area contributed by atoms with E-state index in [9.17, 15) is 4.79 Å². The molecule has 0 bridgehead atoms. The summed E-state index contributed by atoms with van der Waals surface area (Å²) in [5, 5.41) is 8.69. The van der Waals surface area contributed by atoms with Crippen LogP contribution in [0.4, 0.5) is 0 Å². The summed E-state index contributed by atoms with van der Waals surface area (Å²) in [4.78, 5) is 10.4. The van der Waals surface area contributed by atoms with E-state index in [-0.39, 0.29) is 6.04 Å². The summed E-state index contributed by atoms with van der Waals surface area (Å²) in [6.07, 6.45) is 2.44. The zero-order valence-electron chi connectivity index (χ0n) is 7.11. The summed E-state index contributed by atoms with van der Waals surface area (Å²) in [6.45, 7) is 3.94. The number of carbonyl (C=O) groups excluding carboxylic acids is 1. The number of hydrogen-bond donors (Lipinski definition) is 0. The van der Waals surface area contributed by atoms with Crippen LogP contribution in [-0.4, -0.2) is 10.9 Å². The van der Waals surface area contributed by atoms with Crippen LogP contribution in [-0.2, 0) is 0 Å². The molecular formula is C9H10N2O. The molecule has 0 aromatic carbocycles. The van der Waals surface area contributed by atoms with Gasteiger partial charge in [0.2, 0.25) is 0 Å². The summed E-state index contributed by atoms with van der Waals surface area (Å²) in [5.41, 5.74) is 1.09.